The van der Waals surface area contributed by atoms with Gasteiger partial charge in [0, 0.05) is 26.2 Å². The van der Waals surface area contributed by atoms with Gasteiger partial charge in [0.1, 0.15) is 6.04 Å². The van der Waals surface area contributed by atoms with Gasteiger partial charge in [-0.1, -0.05) is 30.3 Å². The van der Waals surface area contributed by atoms with Crippen molar-refractivity contribution in [1.29, 1.82) is 0 Å². The van der Waals surface area contributed by atoms with Crippen LogP contribution in [-0.2, 0) is 14.3 Å². The molecule has 24 heavy (non-hydrogen) atoms. The summed E-state index contributed by atoms with van der Waals surface area (Å²) in [6.07, 6.45) is 2.30. The van der Waals surface area contributed by atoms with Gasteiger partial charge in [-0.05, 0) is 37.9 Å². The van der Waals surface area contributed by atoms with Crippen LogP contribution >= 0.6 is 0 Å². The summed E-state index contributed by atoms with van der Waals surface area (Å²) >= 11 is 0. The van der Waals surface area contributed by atoms with Crippen molar-refractivity contribution in [3.8, 4) is 0 Å². The Balaban J connectivity index is 1.86. The molecule has 3 N–H and O–H groups in total. The van der Waals surface area contributed by atoms with E-state index in [2.05, 4.69) is 10.2 Å². The first-order chi connectivity index (χ1) is 11.6. The van der Waals surface area contributed by atoms with E-state index in [0.717, 1.165) is 24.8 Å². The molecule has 1 fully saturated rings. The third-order valence-corrected chi connectivity index (χ3v) is 4.47. The smallest absolute Gasteiger partial charge is 0.239 e. The highest BCUT2D eigenvalue weighted by molar-refractivity contribution is 5.81. The fourth-order valence-corrected chi connectivity index (χ4v) is 3.18. The van der Waals surface area contributed by atoms with Crippen LogP contribution in [0.3, 0.4) is 0 Å². The Morgan fingerprint density at radius 1 is 1.29 bits per heavy atom. The molecule has 0 radical (unpaired) electrons. The maximum absolute atomic E-state index is 12.2. The normalized spacial score (nSPS) is 17.4. The number of piperidine rings is 1. The third-order valence-electron chi connectivity index (χ3n) is 4.47. The van der Waals surface area contributed by atoms with E-state index in [1.54, 1.807) is 7.11 Å². The van der Waals surface area contributed by atoms with E-state index in [0.29, 0.717) is 26.2 Å². The fourth-order valence-electron chi connectivity index (χ4n) is 3.18. The molecule has 1 saturated heterocycles. The van der Waals surface area contributed by atoms with E-state index in [9.17, 15) is 9.59 Å². The lowest BCUT2D eigenvalue weighted by Gasteiger charge is -2.35. The first kappa shape index (κ1) is 18.4. The van der Waals surface area contributed by atoms with Crippen LogP contribution in [0.2, 0.25) is 0 Å². The monoisotopic (exact) mass is 333 g/mol. The summed E-state index contributed by atoms with van der Waals surface area (Å²) in [5, 5.41) is 2.96. The fraction of sp³-hybridized carbons (Fsp3) is 0.556. The number of hydrogen-bond donors (Lipinski definition) is 2. The van der Waals surface area contributed by atoms with Crippen LogP contribution in [0.5, 0.6) is 0 Å². The number of ether oxygens (including phenoxy) is 1. The van der Waals surface area contributed by atoms with Gasteiger partial charge in [0.05, 0.1) is 0 Å². The van der Waals surface area contributed by atoms with Crippen molar-refractivity contribution in [1.82, 2.24) is 10.2 Å². The Labute approximate surface area is 143 Å². The number of rotatable bonds is 8. The molecule has 0 saturated carbocycles. The van der Waals surface area contributed by atoms with Gasteiger partial charge in [-0.2, -0.15) is 0 Å². The molecule has 1 heterocycles. The van der Waals surface area contributed by atoms with Crippen molar-refractivity contribution in [2.45, 2.75) is 25.3 Å². The maximum Gasteiger partial charge on any atom is 0.239 e. The van der Waals surface area contributed by atoms with Gasteiger partial charge in [0.2, 0.25) is 11.8 Å². The molecule has 6 heteroatoms. The van der Waals surface area contributed by atoms with E-state index in [4.69, 9.17) is 10.5 Å². The minimum Gasteiger partial charge on any atom is -0.385 e. The van der Waals surface area contributed by atoms with Gasteiger partial charge in [-0.25, -0.2) is 0 Å². The van der Waals surface area contributed by atoms with Crippen LogP contribution in [0.25, 0.3) is 0 Å². The number of carbonyl (C=O) groups excluding carboxylic acids is 2. The molecule has 0 aliphatic carbocycles. The molecule has 0 bridgehead atoms. The van der Waals surface area contributed by atoms with Crippen LogP contribution in [0, 0.1) is 5.92 Å². The zero-order valence-corrected chi connectivity index (χ0v) is 14.2. The summed E-state index contributed by atoms with van der Waals surface area (Å²) in [4.78, 5) is 26.2. The summed E-state index contributed by atoms with van der Waals surface area (Å²) < 4.78 is 4.97. The predicted molar refractivity (Wildman–Crippen MR) is 92.2 cm³/mol. The van der Waals surface area contributed by atoms with Crippen LogP contribution in [0.1, 0.15) is 30.9 Å². The summed E-state index contributed by atoms with van der Waals surface area (Å²) in [5.41, 5.74) is 6.53. The topological polar surface area (TPSA) is 84.7 Å². The number of amides is 2. The summed E-state index contributed by atoms with van der Waals surface area (Å²) in [5.74, 6) is -0.238. The third kappa shape index (κ3) is 5.04. The Bertz CT molecular complexity index is 528. The van der Waals surface area contributed by atoms with Crippen molar-refractivity contribution >= 4 is 11.8 Å². The summed E-state index contributed by atoms with van der Waals surface area (Å²) in [6, 6.07) is 9.16. The van der Waals surface area contributed by atoms with Crippen molar-refractivity contribution in [3.63, 3.8) is 0 Å². The zero-order valence-electron chi connectivity index (χ0n) is 14.2. The van der Waals surface area contributed by atoms with Crippen molar-refractivity contribution < 1.29 is 14.3 Å². The van der Waals surface area contributed by atoms with E-state index >= 15 is 0 Å². The predicted octanol–water partition coefficient (Wildman–Crippen LogP) is 1.08. The average molecular weight is 333 g/mol. The summed E-state index contributed by atoms with van der Waals surface area (Å²) in [7, 11) is 1.65. The van der Waals surface area contributed by atoms with E-state index in [1.165, 1.54) is 0 Å². The molecule has 1 aromatic rings. The maximum atomic E-state index is 12.2. The van der Waals surface area contributed by atoms with Gasteiger partial charge >= 0.3 is 0 Å². The number of methoxy groups -OCH3 is 1. The molecule has 1 aliphatic heterocycles. The number of carbonyl (C=O) groups is 2. The second-order valence-corrected chi connectivity index (χ2v) is 6.16. The van der Waals surface area contributed by atoms with Crippen molar-refractivity contribution in [3.05, 3.63) is 35.9 Å². The van der Waals surface area contributed by atoms with Gasteiger partial charge in [0.25, 0.3) is 0 Å². The summed E-state index contributed by atoms with van der Waals surface area (Å²) in [6.45, 7) is 2.67. The highest BCUT2D eigenvalue weighted by atomic mass is 16.5. The number of benzene rings is 1. The molecule has 1 aliphatic rings. The van der Waals surface area contributed by atoms with Crippen LogP contribution in [-0.4, -0.2) is 50.1 Å². The number of nitrogens with one attached hydrogen (secondary N) is 1. The number of likely N-dealkylation sites (tertiary alicyclic amines) is 1. The number of nitrogens with zero attached hydrogens (tertiary/aromatic N) is 1. The quantitative estimate of drug-likeness (QED) is 0.697. The number of primary amides is 1. The lowest BCUT2D eigenvalue weighted by Crippen LogP contribution is -2.45. The molecular formula is C18H27N3O3. The molecule has 6 nitrogen and oxygen atoms in total. The van der Waals surface area contributed by atoms with Gasteiger partial charge in [-0.15, -0.1) is 0 Å². The Hall–Kier alpha value is -1.92. The van der Waals surface area contributed by atoms with Crippen LogP contribution in [0.15, 0.2) is 30.3 Å². The Kier molecular flexibility index (Phi) is 7.21. The SMILES string of the molecule is COCCCNC(=O)C1CCN([C@H](C(N)=O)c2ccccc2)CC1. The van der Waals surface area contributed by atoms with Crippen molar-refractivity contribution in [2.24, 2.45) is 11.7 Å². The molecular weight excluding hydrogens is 306 g/mol. The highest BCUT2D eigenvalue weighted by Gasteiger charge is 2.31. The highest BCUT2D eigenvalue weighted by Crippen LogP contribution is 2.26. The van der Waals surface area contributed by atoms with Gasteiger partial charge in [0.15, 0.2) is 0 Å². The minimum atomic E-state index is -0.420. The van der Waals surface area contributed by atoms with Crippen LogP contribution in [0.4, 0.5) is 0 Å². The average Bonchev–Trinajstić information content (AvgIpc) is 2.60. The molecule has 0 spiro atoms. The van der Waals surface area contributed by atoms with E-state index in [1.807, 2.05) is 30.3 Å². The van der Waals surface area contributed by atoms with Gasteiger partial charge in [-0.3, -0.25) is 14.5 Å². The molecule has 132 valence electrons. The van der Waals surface area contributed by atoms with Crippen LogP contribution < -0.4 is 11.1 Å². The molecule has 2 amide bonds. The number of nitrogens with two attached hydrogens (primary N) is 1. The largest absolute Gasteiger partial charge is 0.385 e. The zero-order chi connectivity index (χ0) is 17.4. The standard InChI is InChI=1S/C18H27N3O3/c1-24-13-5-10-20-18(23)15-8-11-21(12-9-15)16(17(19)22)14-6-3-2-4-7-14/h2-4,6-7,15-16H,5,8-13H2,1H3,(H2,19,22)(H,20,23)/t16-/m0/s1. The van der Waals surface area contributed by atoms with E-state index < -0.39 is 6.04 Å². The molecule has 2 rings (SSSR count). The van der Waals surface area contributed by atoms with Crippen molar-refractivity contribution in [2.75, 3.05) is 33.4 Å². The lowest BCUT2D eigenvalue weighted by atomic mass is 9.93. The molecule has 0 unspecified atom stereocenters. The first-order valence-electron chi connectivity index (χ1n) is 8.48. The molecule has 0 aromatic heterocycles. The second kappa shape index (κ2) is 9.39. The number of hydrogen-bond acceptors (Lipinski definition) is 4. The minimum absolute atomic E-state index is 0.00750. The molecule has 1 atom stereocenters. The molecule has 1 aromatic carbocycles. The first-order valence-corrected chi connectivity index (χ1v) is 8.48. The van der Waals surface area contributed by atoms with E-state index in [-0.39, 0.29) is 17.7 Å². The Morgan fingerprint density at radius 3 is 2.54 bits per heavy atom. The van der Waals surface area contributed by atoms with Gasteiger partial charge < -0.3 is 15.8 Å². The Morgan fingerprint density at radius 2 is 1.96 bits per heavy atom. The second-order valence-electron chi connectivity index (χ2n) is 6.16. The lowest BCUT2D eigenvalue weighted by molar-refractivity contribution is -0.127.